The first-order valence-corrected chi connectivity index (χ1v) is 3.64. The molecule has 0 aliphatic heterocycles. The highest BCUT2D eigenvalue weighted by molar-refractivity contribution is 7.81. The van der Waals surface area contributed by atoms with Crippen molar-refractivity contribution in [2.75, 3.05) is 6.38 Å². The second-order valence-corrected chi connectivity index (χ2v) is 1.85. The topological polar surface area (TPSA) is 63.6 Å². The Morgan fingerprint density at radius 3 is 1.62 bits per heavy atom. The molecule has 0 fully saturated rings. The summed E-state index contributed by atoms with van der Waals surface area (Å²) in [6, 6.07) is 0. The van der Waals surface area contributed by atoms with Gasteiger partial charge in [0.2, 0.25) is 0 Å². The van der Waals surface area contributed by atoms with Crippen molar-refractivity contribution in [3.8, 4) is 0 Å². The molecule has 0 bridgehead atoms. The SMILES string of the molecule is CCl.O=S(=O)(O)OCl. The van der Waals surface area contributed by atoms with Crippen LogP contribution in [-0.4, -0.2) is 19.4 Å². The van der Waals surface area contributed by atoms with Crippen LogP contribution < -0.4 is 0 Å². The molecular weight excluding hydrogens is 179 g/mol. The van der Waals surface area contributed by atoms with Crippen molar-refractivity contribution in [2.24, 2.45) is 0 Å². The van der Waals surface area contributed by atoms with Crippen LogP contribution >= 0.6 is 23.5 Å². The first-order valence-electron chi connectivity index (χ1n) is 1.21. The summed E-state index contributed by atoms with van der Waals surface area (Å²) in [6.07, 6.45) is 1.47. The number of alkyl halides is 1. The Labute approximate surface area is 57.5 Å². The molecule has 0 radical (unpaired) electrons. The average Bonchev–Trinajstić information content (AvgIpc) is 1.71. The first-order chi connectivity index (χ1) is 3.56. The Morgan fingerprint density at radius 2 is 1.62 bits per heavy atom. The summed E-state index contributed by atoms with van der Waals surface area (Å²) in [5, 5.41) is 0. The maximum atomic E-state index is 9.20. The van der Waals surface area contributed by atoms with Crippen molar-refractivity contribution in [3.63, 3.8) is 0 Å². The van der Waals surface area contributed by atoms with Crippen molar-refractivity contribution < 1.29 is 16.7 Å². The standard InChI is InChI=1S/CH3Cl.ClHO4S/c1-2;1-5-6(2,3)4/h1H3;(H,2,3,4). The molecule has 0 atom stereocenters. The minimum Gasteiger partial charge on any atom is -0.263 e. The molecule has 0 rings (SSSR count). The maximum Gasteiger partial charge on any atom is 0.413 e. The lowest BCUT2D eigenvalue weighted by molar-refractivity contribution is 0.400. The highest BCUT2D eigenvalue weighted by Crippen LogP contribution is 1.86. The van der Waals surface area contributed by atoms with Crippen LogP contribution in [0.3, 0.4) is 0 Å². The molecule has 7 heteroatoms. The van der Waals surface area contributed by atoms with Gasteiger partial charge < -0.3 is 0 Å². The third kappa shape index (κ3) is 16.1. The summed E-state index contributed by atoms with van der Waals surface area (Å²) in [5.41, 5.74) is 0. The van der Waals surface area contributed by atoms with Gasteiger partial charge in [-0.15, -0.1) is 15.3 Å². The maximum absolute atomic E-state index is 9.20. The van der Waals surface area contributed by atoms with Crippen LogP contribution in [0.5, 0.6) is 0 Å². The lowest BCUT2D eigenvalue weighted by Crippen LogP contribution is -1.92. The van der Waals surface area contributed by atoms with Crippen molar-refractivity contribution >= 4 is 33.9 Å². The summed E-state index contributed by atoms with van der Waals surface area (Å²) in [7, 11) is -4.40. The largest absolute Gasteiger partial charge is 0.413 e. The molecule has 0 spiro atoms. The van der Waals surface area contributed by atoms with Crippen LogP contribution in [0.2, 0.25) is 0 Å². The van der Waals surface area contributed by atoms with Crippen LogP contribution in [0.4, 0.5) is 0 Å². The van der Waals surface area contributed by atoms with E-state index in [2.05, 4.69) is 27.2 Å². The van der Waals surface area contributed by atoms with Crippen molar-refractivity contribution in [2.45, 2.75) is 0 Å². The van der Waals surface area contributed by atoms with Crippen LogP contribution in [0.25, 0.3) is 0 Å². The monoisotopic (exact) mass is 182 g/mol. The third-order valence-electron chi connectivity index (χ3n) is 0.0796. The lowest BCUT2D eigenvalue weighted by Gasteiger charge is -1.77. The second kappa shape index (κ2) is 5.58. The number of hydrogen-bond acceptors (Lipinski definition) is 3. The van der Waals surface area contributed by atoms with E-state index >= 15 is 0 Å². The van der Waals surface area contributed by atoms with E-state index < -0.39 is 10.4 Å². The van der Waals surface area contributed by atoms with Crippen LogP contribution in [0.15, 0.2) is 0 Å². The molecule has 0 aromatic carbocycles. The summed E-state index contributed by atoms with van der Waals surface area (Å²) >= 11 is 8.78. The van der Waals surface area contributed by atoms with Gasteiger partial charge >= 0.3 is 10.4 Å². The van der Waals surface area contributed by atoms with Gasteiger partial charge in [-0.05, 0) is 0 Å². The molecule has 0 amide bonds. The van der Waals surface area contributed by atoms with E-state index in [0.717, 1.165) is 0 Å². The second-order valence-electron chi connectivity index (χ2n) is 0.491. The van der Waals surface area contributed by atoms with E-state index in [-0.39, 0.29) is 0 Å². The van der Waals surface area contributed by atoms with Crippen molar-refractivity contribution in [1.82, 2.24) is 0 Å². The molecule has 0 aromatic heterocycles. The first kappa shape index (κ1) is 11.3. The predicted molar refractivity (Wildman–Crippen MR) is 30.3 cm³/mol. The fraction of sp³-hybridized carbons (Fsp3) is 1.00. The van der Waals surface area contributed by atoms with E-state index in [1.54, 1.807) is 0 Å². The fourth-order valence-electron chi connectivity index (χ4n) is 0. The van der Waals surface area contributed by atoms with Crippen molar-refractivity contribution in [1.29, 1.82) is 0 Å². The van der Waals surface area contributed by atoms with Gasteiger partial charge in [-0.25, -0.2) is 0 Å². The van der Waals surface area contributed by atoms with Gasteiger partial charge in [0.25, 0.3) is 0 Å². The minimum atomic E-state index is -4.40. The van der Waals surface area contributed by atoms with Crippen molar-refractivity contribution in [3.05, 3.63) is 0 Å². The third-order valence-corrected chi connectivity index (χ3v) is 0.716. The summed E-state index contributed by atoms with van der Waals surface area (Å²) < 4.78 is 28.8. The van der Waals surface area contributed by atoms with Gasteiger partial charge in [-0.3, -0.25) is 4.55 Å². The molecule has 0 saturated heterocycles. The highest BCUT2D eigenvalue weighted by atomic mass is 35.5. The smallest absolute Gasteiger partial charge is 0.263 e. The Bertz CT molecular complexity index is 116. The molecular formula is CH4Cl2O4S. The van der Waals surface area contributed by atoms with Crippen LogP contribution in [-0.2, 0) is 14.1 Å². The van der Waals surface area contributed by atoms with E-state index in [9.17, 15) is 8.42 Å². The van der Waals surface area contributed by atoms with Gasteiger partial charge in [-0.2, -0.15) is 8.42 Å². The lowest BCUT2D eigenvalue weighted by atomic mass is 12.0. The zero-order valence-corrected chi connectivity index (χ0v) is 6.16. The quantitative estimate of drug-likeness (QED) is 0.482. The molecule has 0 aliphatic carbocycles. The molecule has 8 heavy (non-hydrogen) atoms. The zero-order valence-electron chi connectivity index (χ0n) is 3.84. The predicted octanol–water partition coefficient (Wildman–Crippen LogP) is 0.815. The fourth-order valence-corrected chi connectivity index (χ4v) is 0. The summed E-state index contributed by atoms with van der Waals surface area (Å²) in [4.78, 5) is 0. The van der Waals surface area contributed by atoms with E-state index in [1.165, 1.54) is 6.38 Å². The molecule has 0 aromatic rings. The van der Waals surface area contributed by atoms with E-state index in [0.29, 0.717) is 0 Å². The zero-order chi connectivity index (χ0) is 7.21. The van der Waals surface area contributed by atoms with Crippen LogP contribution in [0.1, 0.15) is 0 Å². The summed E-state index contributed by atoms with van der Waals surface area (Å²) in [6.45, 7) is 0. The number of halogens is 2. The molecule has 0 heterocycles. The van der Waals surface area contributed by atoms with Gasteiger partial charge in [0.15, 0.2) is 0 Å². The highest BCUT2D eigenvalue weighted by Gasteiger charge is 1.97. The number of rotatable bonds is 1. The Kier molecular flexibility index (Phi) is 7.87. The molecule has 4 nitrogen and oxygen atoms in total. The number of hydrogen-bond donors (Lipinski definition) is 1. The molecule has 1 N–H and O–H groups in total. The van der Waals surface area contributed by atoms with Gasteiger partial charge in [0.1, 0.15) is 0 Å². The Morgan fingerprint density at radius 1 is 1.50 bits per heavy atom. The Balaban J connectivity index is 0. The average molecular weight is 183 g/mol. The molecule has 0 aliphatic rings. The van der Waals surface area contributed by atoms with Gasteiger partial charge in [0, 0.05) is 6.38 Å². The molecule has 0 unspecified atom stereocenters. The summed E-state index contributed by atoms with van der Waals surface area (Å²) in [5.74, 6) is 0. The Hall–Kier alpha value is 0.450. The molecule has 0 saturated carbocycles. The normalized spacial score (nSPS) is 9.50. The van der Waals surface area contributed by atoms with Gasteiger partial charge in [0.05, 0.1) is 11.9 Å². The van der Waals surface area contributed by atoms with Gasteiger partial charge in [-0.1, -0.05) is 0 Å². The van der Waals surface area contributed by atoms with E-state index in [4.69, 9.17) is 4.55 Å². The van der Waals surface area contributed by atoms with Crippen LogP contribution in [0, 0.1) is 0 Å². The molecule has 52 valence electrons. The van der Waals surface area contributed by atoms with E-state index in [1.807, 2.05) is 0 Å². The minimum absolute atomic E-state index is 1.47.